The van der Waals surface area contributed by atoms with E-state index in [0.29, 0.717) is 0 Å². The summed E-state index contributed by atoms with van der Waals surface area (Å²) < 4.78 is 9.33. The molecule has 74 heavy (non-hydrogen) atoms. The van der Waals surface area contributed by atoms with Crippen molar-refractivity contribution in [2.45, 2.75) is 124 Å². The Morgan fingerprint density at radius 3 is 2.01 bits per heavy atom. The summed E-state index contributed by atoms with van der Waals surface area (Å²) in [6, 6.07) is 61.4. The molecule has 0 saturated heterocycles. The van der Waals surface area contributed by atoms with Gasteiger partial charge in [-0.05, 0) is 144 Å². The van der Waals surface area contributed by atoms with Gasteiger partial charge >= 0.3 is 0 Å². The maximum atomic E-state index is 6.92. The molecule has 1 aliphatic rings. The molecule has 0 amide bonds. The first kappa shape index (κ1) is 50.9. The van der Waals surface area contributed by atoms with Crippen molar-refractivity contribution in [1.82, 2.24) is 14.5 Å². The van der Waals surface area contributed by atoms with Crippen molar-refractivity contribution < 1.29 is 24.5 Å². The monoisotopic (exact) mass is 1150 g/mol. The van der Waals surface area contributed by atoms with E-state index in [1.165, 1.54) is 85.4 Å². The van der Waals surface area contributed by atoms with Gasteiger partial charge in [0.25, 0.3) is 0 Å². The van der Waals surface area contributed by atoms with Crippen LogP contribution in [0.15, 0.2) is 162 Å². The van der Waals surface area contributed by atoms with Gasteiger partial charge in [0, 0.05) is 37.4 Å². The Labute approximate surface area is 451 Å². The van der Waals surface area contributed by atoms with Crippen LogP contribution in [-0.4, -0.2) is 14.5 Å². The molecule has 4 nitrogen and oxygen atoms in total. The van der Waals surface area contributed by atoms with Gasteiger partial charge in [-0.1, -0.05) is 172 Å². The molecule has 3 aromatic heterocycles. The van der Waals surface area contributed by atoms with Crippen molar-refractivity contribution >= 4 is 54.5 Å². The maximum absolute atomic E-state index is 6.92. The Bertz CT molecular complexity index is 3830. The smallest absolute Gasteiger partial charge is 0.121 e. The molecular weight excluding hydrogens is 1080 g/mol. The molecule has 0 saturated carbocycles. The number of imidazole rings is 1. The second kappa shape index (κ2) is 19.6. The molecule has 1 radical (unpaired) electrons. The first-order chi connectivity index (χ1) is 35.0. The Balaban J connectivity index is 0.000000315. The molecule has 8 aromatic carbocycles. The molecule has 5 heteroatoms. The third-order valence-electron chi connectivity index (χ3n) is 15.7. The average molecular weight is 1150 g/mol. The number of para-hydroxylation sites is 2. The van der Waals surface area contributed by atoms with Gasteiger partial charge in [0.15, 0.2) is 0 Å². The molecule has 0 atom stereocenters. The van der Waals surface area contributed by atoms with E-state index in [1.807, 2.05) is 36.5 Å². The Hall–Kier alpha value is -6.65. The van der Waals surface area contributed by atoms with Gasteiger partial charge in [-0.15, -0.1) is 54.1 Å². The number of pyridine rings is 1. The second-order valence-corrected chi connectivity index (χ2v) is 23.5. The largest absolute Gasteiger partial charge is 0.501 e. The van der Waals surface area contributed by atoms with Crippen molar-refractivity contribution in [2.75, 3.05) is 0 Å². The molecule has 0 unspecified atom stereocenters. The van der Waals surface area contributed by atoms with Crippen LogP contribution in [0, 0.1) is 12.1 Å². The summed E-state index contributed by atoms with van der Waals surface area (Å²) in [5, 5.41) is 7.04. The summed E-state index contributed by atoms with van der Waals surface area (Å²) in [6.45, 7) is 25.6. The van der Waals surface area contributed by atoms with Gasteiger partial charge in [-0.2, -0.15) is 0 Å². The molecule has 12 rings (SSSR count). The summed E-state index contributed by atoms with van der Waals surface area (Å²) in [5.41, 5.74) is 17.7. The predicted octanol–water partition coefficient (Wildman–Crippen LogP) is 19.2. The third-order valence-corrected chi connectivity index (χ3v) is 15.7. The third kappa shape index (κ3) is 9.22. The van der Waals surface area contributed by atoms with E-state index in [1.54, 1.807) is 0 Å². The number of hydrogen-bond donors (Lipinski definition) is 0. The van der Waals surface area contributed by atoms with Crippen molar-refractivity contribution in [1.29, 1.82) is 0 Å². The van der Waals surface area contributed by atoms with Gasteiger partial charge in [0.05, 0.1) is 22.4 Å². The molecule has 0 aliphatic heterocycles. The van der Waals surface area contributed by atoms with E-state index < -0.39 is 0 Å². The van der Waals surface area contributed by atoms with E-state index in [4.69, 9.17) is 9.40 Å². The van der Waals surface area contributed by atoms with Crippen LogP contribution < -0.4 is 0 Å². The molecule has 0 N–H and O–H groups in total. The van der Waals surface area contributed by atoms with Crippen molar-refractivity contribution in [3.8, 4) is 39.5 Å². The first-order valence-corrected chi connectivity index (χ1v) is 26.4. The predicted molar refractivity (Wildman–Crippen MR) is 308 cm³/mol. The zero-order chi connectivity index (χ0) is 51.0. The zero-order valence-electron chi connectivity index (χ0n) is 44.9. The molecule has 1 aliphatic carbocycles. The Morgan fingerprint density at radius 2 is 1.31 bits per heavy atom. The van der Waals surface area contributed by atoms with Gasteiger partial charge in [0.2, 0.25) is 0 Å². The van der Waals surface area contributed by atoms with E-state index in [-0.39, 0.29) is 48.2 Å². The van der Waals surface area contributed by atoms with E-state index in [0.717, 1.165) is 55.6 Å². The minimum atomic E-state index is 0. The fourth-order valence-corrected chi connectivity index (χ4v) is 11.5. The summed E-state index contributed by atoms with van der Waals surface area (Å²) in [7, 11) is 0. The summed E-state index contributed by atoms with van der Waals surface area (Å²) >= 11 is 0. The number of rotatable bonds is 6. The van der Waals surface area contributed by atoms with Crippen LogP contribution in [0.3, 0.4) is 0 Å². The quantitative estimate of drug-likeness (QED) is 0.0947. The van der Waals surface area contributed by atoms with Crippen LogP contribution >= 0.6 is 0 Å². The number of furan rings is 1. The number of fused-ring (bicyclic) bond motifs is 8. The van der Waals surface area contributed by atoms with Crippen molar-refractivity contribution in [2.24, 2.45) is 0 Å². The topological polar surface area (TPSA) is 43.9 Å². The summed E-state index contributed by atoms with van der Waals surface area (Å²) in [5.74, 6) is 1.37. The van der Waals surface area contributed by atoms with Crippen LogP contribution in [0.2, 0.25) is 0 Å². The van der Waals surface area contributed by atoms with Gasteiger partial charge in [-0.3, -0.25) is 4.98 Å². The molecule has 0 spiro atoms. The van der Waals surface area contributed by atoms with Crippen LogP contribution in [0.1, 0.15) is 135 Å². The normalized spacial score (nSPS) is 14.3. The molecule has 0 fully saturated rings. The zero-order valence-corrected chi connectivity index (χ0v) is 47.3. The summed E-state index contributed by atoms with van der Waals surface area (Å²) in [4.78, 5) is 9.90. The van der Waals surface area contributed by atoms with E-state index in [9.17, 15) is 0 Å². The molecule has 3 heterocycles. The van der Waals surface area contributed by atoms with Crippen LogP contribution in [0.4, 0.5) is 0 Å². The van der Waals surface area contributed by atoms with E-state index >= 15 is 0 Å². The van der Waals surface area contributed by atoms with Crippen LogP contribution in [-0.2, 0) is 36.4 Å². The number of aromatic nitrogens is 3. The molecule has 0 bridgehead atoms. The van der Waals surface area contributed by atoms with Gasteiger partial charge in [0.1, 0.15) is 5.58 Å². The molecule has 375 valence electrons. The van der Waals surface area contributed by atoms with E-state index in [2.05, 4.69) is 219 Å². The first-order valence-electron chi connectivity index (χ1n) is 26.4. The minimum Gasteiger partial charge on any atom is -0.501 e. The van der Waals surface area contributed by atoms with Gasteiger partial charge in [-0.25, -0.2) is 0 Å². The van der Waals surface area contributed by atoms with Crippen LogP contribution in [0.25, 0.3) is 94.0 Å². The summed E-state index contributed by atoms with van der Waals surface area (Å²) in [6.07, 6.45) is 5.64. The fourth-order valence-electron chi connectivity index (χ4n) is 11.5. The second-order valence-electron chi connectivity index (χ2n) is 23.5. The maximum Gasteiger partial charge on any atom is 0.121 e. The standard InChI is InChI=1S/C54H51N2O.C15H16N.Ir/c1-32(2)41-28-37(35-23-24-45-46(30-35)54(7,8)26-14-25-53(45,5)6)29-42(33(3)4)50(41)56-48-20-12-11-19-47(48)55-52(56)40-18-13-17-39-44-27-36-22-21-34-15-9-10-16-38(34)43(36)31-49(44)57-51(39)40;1-15(2,3)13-9-10-14(16-11-13)12-7-5-4-6-8-12;/h9-13,15-17,19-24,27-33H,14,25-26H2,1-8H3;4-7,9-11H,1-3H3;/q2*-1;. The van der Waals surface area contributed by atoms with Crippen LogP contribution in [0.5, 0.6) is 0 Å². The van der Waals surface area contributed by atoms with Crippen molar-refractivity contribution in [3.05, 3.63) is 198 Å². The van der Waals surface area contributed by atoms with Gasteiger partial charge < -0.3 is 14.0 Å². The molecule has 11 aromatic rings. The minimum absolute atomic E-state index is 0. The van der Waals surface area contributed by atoms with Crippen molar-refractivity contribution in [3.63, 3.8) is 0 Å². The molecular formula is C69H67IrN3O-2. The fraction of sp³-hybridized carbons (Fsp3) is 0.275. The Morgan fingerprint density at radius 1 is 0.608 bits per heavy atom. The Kier molecular flexibility index (Phi) is 13.4. The SMILES string of the molecule is CC(C)(C)c1ccc(-c2[c-]cccc2)nc1.CC(C)c1cc(-c2ccc3c(c2)C(C)(C)CCCC3(C)C)cc(C(C)C)c1-n1c(-c2[c-]ccc3c2oc2cc4c(ccc5ccccc54)cc23)nc2ccccc21.[Ir]. The average Bonchev–Trinajstić information content (AvgIpc) is 3.93. The number of hydrogen-bond acceptors (Lipinski definition) is 3. The number of nitrogens with zero attached hydrogens (tertiary/aromatic N) is 3. The number of benzene rings is 8.